The van der Waals surface area contributed by atoms with E-state index in [1.54, 1.807) is 0 Å². The minimum Gasteiger partial charge on any atom is -0.301 e. The van der Waals surface area contributed by atoms with E-state index in [2.05, 4.69) is 67.5 Å². The van der Waals surface area contributed by atoms with Crippen molar-refractivity contribution in [1.29, 1.82) is 0 Å². The van der Waals surface area contributed by atoms with Gasteiger partial charge in [-0.15, -0.1) is 10.2 Å². The van der Waals surface area contributed by atoms with Crippen LogP contribution in [-0.2, 0) is 23.1 Å². The number of benzene rings is 1. The predicted molar refractivity (Wildman–Crippen MR) is 96.0 cm³/mol. The monoisotopic (exact) mass is 331 g/mol. The number of aromatic nitrogens is 2. The van der Waals surface area contributed by atoms with Crippen molar-refractivity contribution in [3.8, 4) is 0 Å². The molecule has 0 radical (unpaired) electrons. The number of hydrogen-bond donors (Lipinski definition) is 1. The number of anilines is 1. The van der Waals surface area contributed by atoms with Gasteiger partial charge in [0.1, 0.15) is 5.01 Å². The number of nitrogens with zero attached hydrogens (tertiary/aromatic N) is 2. The summed E-state index contributed by atoms with van der Waals surface area (Å²) in [6.07, 6.45) is 3.13. The first-order chi connectivity index (χ1) is 10.9. The topological polar surface area (TPSA) is 54.9 Å². The molecule has 0 fully saturated rings. The third kappa shape index (κ3) is 5.43. The second-order valence-corrected chi connectivity index (χ2v) is 7.81. The molecule has 0 spiro atoms. The van der Waals surface area contributed by atoms with E-state index in [-0.39, 0.29) is 11.3 Å². The number of carbonyl (C=O) groups is 1. The molecule has 1 N–H and O–H groups in total. The van der Waals surface area contributed by atoms with Gasteiger partial charge >= 0.3 is 0 Å². The molecular formula is C18H25N3OS. The maximum Gasteiger partial charge on any atom is 0.226 e. The van der Waals surface area contributed by atoms with Gasteiger partial charge in [0.25, 0.3) is 0 Å². The molecule has 1 aromatic heterocycles. The molecule has 1 amide bonds. The van der Waals surface area contributed by atoms with Gasteiger partial charge < -0.3 is 5.32 Å². The van der Waals surface area contributed by atoms with Crippen molar-refractivity contribution in [1.82, 2.24) is 10.2 Å². The summed E-state index contributed by atoms with van der Waals surface area (Å²) < 4.78 is 0. The van der Waals surface area contributed by atoms with Gasteiger partial charge in [-0.3, -0.25) is 4.79 Å². The van der Waals surface area contributed by atoms with Gasteiger partial charge in [-0.05, 0) is 29.4 Å². The van der Waals surface area contributed by atoms with E-state index < -0.39 is 0 Å². The Hall–Kier alpha value is -1.75. The van der Waals surface area contributed by atoms with Gasteiger partial charge in [0, 0.05) is 12.8 Å². The summed E-state index contributed by atoms with van der Waals surface area (Å²) in [6.45, 7) is 8.70. The van der Waals surface area contributed by atoms with Crippen molar-refractivity contribution in [2.45, 2.75) is 58.8 Å². The fourth-order valence-corrected chi connectivity index (χ4v) is 3.09. The van der Waals surface area contributed by atoms with Crippen LogP contribution in [0.25, 0.3) is 0 Å². The molecule has 0 aliphatic heterocycles. The van der Waals surface area contributed by atoms with E-state index in [4.69, 9.17) is 0 Å². The Labute approximate surface area is 142 Å². The van der Waals surface area contributed by atoms with Crippen LogP contribution in [0.15, 0.2) is 24.3 Å². The Morgan fingerprint density at radius 2 is 1.83 bits per heavy atom. The van der Waals surface area contributed by atoms with Gasteiger partial charge in [0.15, 0.2) is 0 Å². The van der Waals surface area contributed by atoms with E-state index in [1.165, 1.54) is 22.5 Å². The van der Waals surface area contributed by atoms with Crippen LogP contribution in [0.5, 0.6) is 0 Å². The Balaban J connectivity index is 1.84. The number of rotatable bonds is 6. The Morgan fingerprint density at radius 3 is 2.43 bits per heavy atom. The number of aryl methyl sites for hydroxylation is 2. The summed E-state index contributed by atoms with van der Waals surface area (Å²) >= 11 is 1.46. The predicted octanol–water partition coefficient (Wildman–Crippen LogP) is 4.36. The van der Waals surface area contributed by atoms with Crippen molar-refractivity contribution < 1.29 is 4.79 Å². The number of nitrogens with one attached hydrogen (secondary N) is 1. The third-order valence-electron chi connectivity index (χ3n) is 3.64. The van der Waals surface area contributed by atoms with Gasteiger partial charge in [0.05, 0.1) is 0 Å². The molecule has 0 unspecified atom stereocenters. The van der Waals surface area contributed by atoms with Gasteiger partial charge in [-0.25, -0.2) is 0 Å². The van der Waals surface area contributed by atoms with E-state index in [1.807, 2.05) is 0 Å². The Kier molecular flexibility index (Phi) is 5.88. The lowest BCUT2D eigenvalue weighted by Crippen LogP contribution is -2.13. The fourth-order valence-electron chi connectivity index (χ4n) is 2.23. The first kappa shape index (κ1) is 17.6. The van der Waals surface area contributed by atoms with Crippen molar-refractivity contribution in [2.24, 2.45) is 0 Å². The highest BCUT2D eigenvalue weighted by Gasteiger charge is 2.13. The Morgan fingerprint density at radius 1 is 1.13 bits per heavy atom. The lowest BCUT2D eigenvalue weighted by molar-refractivity contribution is -0.116. The SMILES string of the molecule is CCCc1nnc(NC(=O)CCc2ccc(C(C)(C)C)cc2)s1. The van der Waals surface area contributed by atoms with E-state index in [0.29, 0.717) is 11.6 Å². The first-order valence-electron chi connectivity index (χ1n) is 8.10. The van der Waals surface area contributed by atoms with Crippen molar-refractivity contribution >= 4 is 22.4 Å². The molecule has 5 heteroatoms. The molecule has 4 nitrogen and oxygen atoms in total. The molecule has 0 aliphatic rings. The van der Waals surface area contributed by atoms with Gasteiger partial charge in [-0.2, -0.15) is 0 Å². The fraction of sp³-hybridized carbons (Fsp3) is 0.500. The van der Waals surface area contributed by atoms with Crippen molar-refractivity contribution in [2.75, 3.05) is 5.32 Å². The van der Waals surface area contributed by atoms with Crippen LogP contribution in [0.2, 0.25) is 0 Å². The maximum atomic E-state index is 12.0. The lowest BCUT2D eigenvalue weighted by atomic mass is 9.86. The summed E-state index contributed by atoms with van der Waals surface area (Å²) in [5.74, 6) is -0.0101. The average Bonchev–Trinajstić information content (AvgIpc) is 2.92. The summed E-state index contributed by atoms with van der Waals surface area (Å²) in [5.41, 5.74) is 2.64. The molecule has 1 aromatic carbocycles. The quantitative estimate of drug-likeness (QED) is 0.855. The second-order valence-electron chi connectivity index (χ2n) is 6.75. The van der Waals surface area contributed by atoms with Crippen molar-refractivity contribution in [3.05, 3.63) is 40.4 Å². The molecular weight excluding hydrogens is 306 g/mol. The summed E-state index contributed by atoms with van der Waals surface area (Å²) in [6, 6.07) is 8.51. The van der Waals surface area contributed by atoms with Crippen LogP contribution in [0.4, 0.5) is 5.13 Å². The largest absolute Gasteiger partial charge is 0.301 e. The zero-order chi connectivity index (χ0) is 16.9. The molecule has 0 saturated carbocycles. The summed E-state index contributed by atoms with van der Waals surface area (Å²) in [4.78, 5) is 12.0. The van der Waals surface area contributed by atoms with Crippen LogP contribution in [0, 0.1) is 0 Å². The molecule has 2 rings (SSSR count). The van der Waals surface area contributed by atoms with Crippen molar-refractivity contribution in [3.63, 3.8) is 0 Å². The van der Waals surface area contributed by atoms with Crippen LogP contribution in [-0.4, -0.2) is 16.1 Å². The smallest absolute Gasteiger partial charge is 0.226 e. The lowest BCUT2D eigenvalue weighted by Gasteiger charge is -2.19. The molecule has 1 heterocycles. The highest BCUT2D eigenvalue weighted by molar-refractivity contribution is 7.15. The molecule has 0 aliphatic carbocycles. The molecule has 23 heavy (non-hydrogen) atoms. The standard InChI is InChI=1S/C18H25N3OS/c1-5-6-16-20-21-17(23-16)19-15(22)12-9-13-7-10-14(11-8-13)18(2,3)4/h7-8,10-11H,5-6,9,12H2,1-4H3,(H,19,21,22). The molecule has 0 bridgehead atoms. The van der Waals surface area contributed by atoms with E-state index in [0.717, 1.165) is 24.3 Å². The number of amides is 1. The summed E-state index contributed by atoms with van der Waals surface area (Å²) in [5, 5.41) is 12.5. The normalized spacial score (nSPS) is 11.5. The molecule has 0 saturated heterocycles. The zero-order valence-corrected chi connectivity index (χ0v) is 15.2. The van der Waals surface area contributed by atoms with E-state index >= 15 is 0 Å². The molecule has 2 aromatic rings. The van der Waals surface area contributed by atoms with Crippen LogP contribution < -0.4 is 5.32 Å². The average molecular weight is 331 g/mol. The Bertz CT molecular complexity index is 641. The van der Waals surface area contributed by atoms with E-state index in [9.17, 15) is 4.79 Å². The zero-order valence-electron chi connectivity index (χ0n) is 14.3. The van der Waals surface area contributed by atoms with Gasteiger partial charge in [0.2, 0.25) is 11.0 Å². The summed E-state index contributed by atoms with van der Waals surface area (Å²) in [7, 11) is 0. The van der Waals surface area contributed by atoms with Crippen LogP contribution in [0.1, 0.15) is 56.7 Å². The van der Waals surface area contributed by atoms with Crippen LogP contribution >= 0.6 is 11.3 Å². The molecule has 124 valence electrons. The number of carbonyl (C=O) groups excluding carboxylic acids is 1. The highest BCUT2D eigenvalue weighted by atomic mass is 32.1. The van der Waals surface area contributed by atoms with Crippen LogP contribution in [0.3, 0.4) is 0 Å². The third-order valence-corrected chi connectivity index (χ3v) is 4.54. The highest BCUT2D eigenvalue weighted by Crippen LogP contribution is 2.22. The minimum absolute atomic E-state index is 0.0101. The molecule has 0 atom stereocenters. The number of hydrogen-bond acceptors (Lipinski definition) is 4. The minimum atomic E-state index is -0.0101. The van der Waals surface area contributed by atoms with Gasteiger partial charge in [-0.1, -0.05) is 63.3 Å². The maximum absolute atomic E-state index is 12.0. The second kappa shape index (κ2) is 7.68. The first-order valence-corrected chi connectivity index (χ1v) is 8.92.